The van der Waals surface area contributed by atoms with Crippen LogP contribution in [-0.2, 0) is 9.59 Å². The van der Waals surface area contributed by atoms with Gasteiger partial charge >= 0.3 is 0 Å². The van der Waals surface area contributed by atoms with E-state index < -0.39 is 5.92 Å². The van der Waals surface area contributed by atoms with Gasteiger partial charge in [-0.1, -0.05) is 18.5 Å². The lowest BCUT2D eigenvalue weighted by molar-refractivity contribution is -0.132. The summed E-state index contributed by atoms with van der Waals surface area (Å²) in [7, 11) is 0. The monoisotopic (exact) mass is 280 g/mol. The standard InChI is InChI=1S/C14H17ClN2O2/c1-2-8-16-13(18)12-7-9-17(14(12)19)11-5-3-10(15)4-6-11/h3-6,12H,2,7-9H2,1H3,(H,16,18)/t12-/m1/s1. The van der Waals surface area contributed by atoms with Crippen molar-refractivity contribution in [3.05, 3.63) is 29.3 Å². The zero-order valence-electron chi connectivity index (χ0n) is 10.9. The van der Waals surface area contributed by atoms with Gasteiger partial charge in [0.05, 0.1) is 0 Å². The minimum Gasteiger partial charge on any atom is -0.355 e. The molecule has 19 heavy (non-hydrogen) atoms. The highest BCUT2D eigenvalue weighted by atomic mass is 35.5. The number of benzene rings is 1. The van der Waals surface area contributed by atoms with Crippen LogP contribution in [0.15, 0.2) is 24.3 Å². The van der Waals surface area contributed by atoms with Crippen LogP contribution in [0.4, 0.5) is 5.69 Å². The molecule has 0 bridgehead atoms. The van der Waals surface area contributed by atoms with E-state index in [1.54, 1.807) is 29.2 Å². The van der Waals surface area contributed by atoms with Crippen molar-refractivity contribution in [2.24, 2.45) is 5.92 Å². The highest BCUT2D eigenvalue weighted by molar-refractivity contribution is 6.30. The van der Waals surface area contributed by atoms with Gasteiger partial charge in [0.15, 0.2) is 0 Å². The zero-order valence-corrected chi connectivity index (χ0v) is 11.6. The third-order valence-corrected chi connectivity index (χ3v) is 3.46. The Morgan fingerprint density at radius 3 is 2.74 bits per heavy atom. The number of carbonyl (C=O) groups excluding carboxylic acids is 2. The topological polar surface area (TPSA) is 49.4 Å². The summed E-state index contributed by atoms with van der Waals surface area (Å²) < 4.78 is 0. The maximum absolute atomic E-state index is 12.2. The Hall–Kier alpha value is -1.55. The zero-order chi connectivity index (χ0) is 13.8. The molecule has 0 aromatic heterocycles. The van der Waals surface area contributed by atoms with Crippen molar-refractivity contribution in [3.8, 4) is 0 Å². The molecular formula is C14H17ClN2O2. The number of anilines is 1. The minimum atomic E-state index is -0.553. The second-order valence-corrected chi connectivity index (χ2v) is 5.04. The molecule has 0 saturated carbocycles. The van der Waals surface area contributed by atoms with Crippen molar-refractivity contribution in [3.63, 3.8) is 0 Å². The Kier molecular flexibility index (Phi) is 4.43. The SMILES string of the molecule is CCCNC(=O)[C@H]1CCN(c2ccc(Cl)cc2)C1=O. The second kappa shape index (κ2) is 6.06. The van der Waals surface area contributed by atoms with Gasteiger partial charge in [0.1, 0.15) is 5.92 Å². The first-order chi connectivity index (χ1) is 9.13. The summed E-state index contributed by atoms with van der Waals surface area (Å²) in [4.78, 5) is 25.7. The molecule has 4 nitrogen and oxygen atoms in total. The first-order valence-corrected chi connectivity index (χ1v) is 6.86. The van der Waals surface area contributed by atoms with E-state index in [9.17, 15) is 9.59 Å². The van der Waals surface area contributed by atoms with Crippen LogP contribution in [0, 0.1) is 5.92 Å². The van der Waals surface area contributed by atoms with Crippen LogP contribution < -0.4 is 10.2 Å². The number of hydrogen-bond acceptors (Lipinski definition) is 2. The third kappa shape index (κ3) is 3.07. The molecule has 102 valence electrons. The minimum absolute atomic E-state index is 0.129. The molecule has 1 aliphatic heterocycles. The molecule has 0 unspecified atom stereocenters. The third-order valence-electron chi connectivity index (χ3n) is 3.21. The number of carbonyl (C=O) groups is 2. The first kappa shape index (κ1) is 13.9. The van der Waals surface area contributed by atoms with Gasteiger partial charge in [-0.25, -0.2) is 0 Å². The molecule has 2 amide bonds. The molecule has 1 heterocycles. The van der Waals surface area contributed by atoms with E-state index >= 15 is 0 Å². The maximum atomic E-state index is 12.2. The lowest BCUT2D eigenvalue weighted by atomic mass is 10.1. The highest BCUT2D eigenvalue weighted by Gasteiger charge is 2.37. The Balaban J connectivity index is 2.05. The number of nitrogens with zero attached hydrogens (tertiary/aromatic N) is 1. The van der Waals surface area contributed by atoms with E-state index in [1.165, 1.54) is 0 Å². The van der Waals surface area contributed by atoms with Gasteiger partial charge in [-0.15, -0.1) is 0 Å². The molecule has 5 heteroatoms. The second-order valence-electron chi connectivity index (χ2n) is 4.60. The number of halogens is 1. The van der Waals surface area contributed by atoms with Gasteiger partial charge in [0.2, 0.25) is 11.8 Å². The number of amides is 2. The van der Waals surface area contributed by atoms with Gasteiger partial charge in [-0.3, -0.25) is 9.59 Å². The van der Waals surface area contributed by atoms with Crippen molar-refractivity contribution in [1.29, 1.82) is 0 Å². The fraction of sp³-hybridized carbons (Fsp3) is 0.429. The van der Waals surface area contributed by atoms with Gasteiger partial charge in [0.25, 0.3) is 0 Å². The van der Waals surface area contributed by atoms with Crippen molar-refractivity contribution in [2.75, 3.05) is 18.0 Å². The summed E-state index contributed by atoms with van der Waals surface area (Å²) in [6.07, 6.45) is 1.44. The normalized spacial score (nSPS) is 18.7. The smallest absolute Gasteiger partial charge is 0.239 e. The first-order valence-electron chi connectivity index (χ1n) is 6.48. The maximum Gasteiger partial charge on any atom is 0.239 e. The van der Waals surface area contributed by atoms with Crippen LogP contribution in [0.2, 0.25) is 5.02 Å². The Morgan fingerprint density at radius 1 is 1.42 bits per heavy atom. The molecular weight excluding hydrogens is 264 g/mol. The molecule has 1 saturated heterocycles. The average molecular weight is 281 g/mol. The summed E-state index contributed by atoms with van der Waals surface area (Å²) in [6.45, 7) is 3.17. The largest absolute Gasteiger partial charge is 0.355 e. The lowest BCUT2D eigenvalue weighted by Crippen LogP contribution is -2.37. The van der Waals surface area contributed by atoms with E-state index in [0.29, 0.717) is 24.5 Å². The molecule has 1 fully saturated rings. The van der Waals surface area contributed by atoms with Crippen LogP contribution in [-0.4, -0.2) is 24.9 Å². The van der Waals surface area contributed by atoms with Crippen molar-refractivity contribution >= 4 is 29.1 Å². The van der Waals surface area contributed by atoms with Crippen LogP contribution in [0.1, 0.15) is 19.8 Å². The summed E-state index contributed by atoms with van der Waals surface area (Å²) in [5, 5.41) is 3.41. The predicted molar refractivity (Wildman–Crippen MR) is 75.2 cm³/mol. The van der Waals surface area contributed by atoms with Crippen molar-refractivity contribution in [2.45, 2.75) is 19.8 Å². The molecule has 1 atom stereocenters. The number of nitrogens with one attached hydrogen (secondary N) is 1. The van der Waals surface area contributed by atoms with Gasteiger partial charge in [0, 0.05) is 23.8 Å². The molecule has 0 aliphatic carbocycles. The fourth-order valence-electron chi connectivity index (χ4n) is 2.17. The van der Waals surface area contributed by atoms with E-state index in [4.69, 9.17) is 11.6 Å². The Bertz CT molecular complexity index is 473. The van der Waals surface area contributed by atoms with E-state index in [1.807, 2.05) is 6.92 Å². The quantitative estimate of drug-likeness (QED) is 0.860. The Labute approximate surface area is 117 Å². The van der Waals surface area contributed by atoms with Crippen LogP contribution in [0.5, 0.6) is 0 Å². The fourth-order valence-corrected chi connectivity index (χ4v) is 2.30. The number of hydrogen-bond donors (Lipinski definition) is 1. The molecule has 1 aromatic rings. The molecule has 1 aliphatic rings. The van der Waals surface area contributed by atoms with Gasteiger partial charge < -0.3 is 10.2 Å². The van der Waals surface area contributed by atoms with Crippen molar-refractivity contribution in [1.82, 2.24) is 5.32 Å². The molecule has 0 spiro atoms. The predicted octanol–water partition coefficient (Wildman–Crippen LogP) is 2.22. The van der Waals surface area contributed by atoms with Crippen molar-refractivity contribution < 1.29 is 9.59 Å². The number of rotatable bonds is 4. The highest BCUT2D eigenvalue weighted by Crippen LogP contribution is 2.26. The molecule has 0 radical (unpaired) electrons. The van der Waals surface area contributed by atoms with E-state index in [2.05, 4.69) is 5.32 Å². The van der Waals surface area contributed by atoms with E-state index in [0.717, 1.165) is 12.1 Å². The molecule has 1 aromatic carbocycles. The summed E-state index contributed by atoms with van der Waals surface area (Å²) in [5.41, 5.74) is 0.792. The van der Waals surface area contributed by atoms with E-state index in [-0.39, 0.29) is 11.8 Å². The lowest BCUT2D eigenvalue weighted by Gasteiger charge is -2.16. The summed E-state index contributed by atoms with van der Waals surface area (Å²) in [6, 6.07) is 7.09. The van der Waals surface area contributed by atoms with Crippen LogP contribution in [0.25, 0.3) is 0 Å². The summed E-state index contributed by atoms with van der Waals surface area (Å²) in [5.74, 6) is -0.846. The van der Waals surface area contributed by atoms with Gasteiger partial charge in [-0.2, -0.15) is 0 Å². The van der Waals surface area contributed by atoms with Gasteiger partial charge in [-0.05, 0) is 37.1 Å². The van der Waals surface area contributed by atoms with Crippen LogP contribution >= 0.6 is 11.6 Å². The molecule has 1 N–H and O–H groups in total. The molecule has 2 rings (SSSR count). The average Bonchev–Trinajstić information content (AvgIpc) is 2.79. The Morgan fingerprint density at radius 2 is 2.11 bits per heavy atom. The summed E-state index contributed by atoms with van der Waals surface area (Å²) >= 11 is 5.82. The van der Waals surface area contributed by atoms with Crippen LogP contribution in [0.3, 0.4) is 0 Å².